The lowest BCUT2D eigenvalue weighted by Crippen LogP contribution is -2.56. The van der Waals surface area contributed by atoms with E-state index < -0.39 is 10.0 Å². The molecule has 1 saturated heterocycles. The highest BCUT2D eigenvalue weighted by molar-refractivity contribution is 9.10. The molecule has 0 N–H and O–H groups in total. The number of likely N-dealkylation sites (N-methyl/N-ethyl adjacent to an activating group) is 1. The highest BCUT2D eigenvalue weighted by Gasteiger charge is 2.35. The van der Waals surface area contributed by atoms with Crippen LogP contribution in [0, 0.1) is 6.92 Å². The number of halogens is 1. The average Bonchev–Trinajstić information content (AvgIpc) is 2.38. The van der Waals surface area contributed by atoms with Crippen molar-refractivity contribution in [2.24, 2.45) is 0 Å². The van der Waals surface area contributed by atoms with Crippen LogP contribution in [-0.4, -0.2) is 49.8 Å². The van der Waals surface area contributed by atoms with E-state index >= 15 is 0 Å². The zero-order chi connectivity index (χ0) is 15.1. The first-order valence-electron chi connectivity index (χ1n) is 6.71. The molecule has 6 heteroatoms. The Bertz CT molecular complexity index is 591. The van der Waals surface area contributed by atoms with Crippen LogP contribution in [0.15, 0.2) is 27.6 Å². The van der Waals surface area contributed by atoms with E-state index in [1.165, 1.54) is 0 Å². The summed E-state index contributed by atoms with van der Waals surface area (Å²) in [4.78, 5) is 2.62. The minimum absolute atomic E-state index is 0.223. The first-order chi connectivity index (χ1) is 9.23. The molecule has 0 aliphatic carbocycles. The van der Waals surface area contributed by atoms with Crippen LogP contribution < -0.4 is 0 Å². The molecule has 1 aromatic rings. The molecule has 0 bridgehead atoms. The third kappa shape index (κ3) is 2.93. The minimum Gasteiger partial charge on any atom is -0.298 e. The molecular weight excluding hydrogens is 340 g/mol. The molecule has 1 heterocycles. The van der Waals surface area contributed by atoms with Gasteiger partial charge in [-0.05, 0) is 45.5 Å². The standard InChI is InChI=1S/C14H21BrN2O2S/c1-10-5-6-13(15)7-14(10)20(18,19)17-8-11(2)16(4)12(3)9-17/h5-7,11-12H,8-9H2,1-4H3. The topological polar surface area (TPSA) is 40.6 Å². The maximum atomic E-state index is 12.8. The summed E-state index contributed by atoms with van der Waals surface area (Å²) < 4.78 is 28.1. The Morgan fingerprint density at radius 3 is 2.30 bits per heavy atom. The van der Waals surface area contributed by atoms with Crippen LogP contribution in [0.5, 0.6) is 0 Å². The Balaban J connectivity index is 2.38. The molecule has 1 aliphatic rings. The van der Waals surface area contributed by atoms with Gasteiger partial charge in [0.1, 0.15) is 0 Å². The van der Waals surface area contributed by atoms with Gasteiger partial charge in [0.25, 0.3) is 0 Å². The van der Waals surface area contributed by atoms with Gasteiger partial charge in [0.2, 0.25) is 10.0 Å². The van der Waals surface area contributed by atoms with Gasteiger partial charge in [-0.2, -0.15) is 4.31 Å². The van der Waals surface area contributed by atoms with Crippen LogP contribution in [0.25, 0.3) is 0 Å². The van der Waals surface area contributed by atoms with Crippen molar-refractivity contribution in [3.63, 3.8) is 0 Å². The Kier molecular flexibility index (Phi) is 4.59. The normalized spacial score (nSPS) is 25.9. The number of piperazine rings is 1. The minimum atomic E-state index is -3.43. The van der Waals surface area contributed by atoms with E-state index in [-0.39, 0.29) is 12.1 Å². The van der Waals surface area contributed by atoms with E-state index in [2.05, 4.69) is 34.7 Å². The van der Waals surface area contributed by atoms with E-state index in [1.54, 1.807) is 10.4 Å². The fraction of sp³-hybridized carbons (Fsp3) is 0.571. The fourth-order valence-electron chi connectivity index (χ4n) is 2.54. The molecule has 0 spiro atoms. The molecule has 0 aromatic heterocycles. The molecule has 0 amide bonds. The Hall–Kier alpha value is -0.430. The molecular formula is C14H21BrN2O2S. The number of hydrogen-bond donors (Lipinski definition) is 0. The van der Waals surface area contributed by atoms with Gasteiger partial charge >= 0.3 is 0 Å². The van der Waals surface area contributed by atoms with Crippen molar-refractivity contribution in [2.45, 2.75) is 37.8 Å². The van der Waals surface area contributed by atoms with E-state index in [0.717, 1.165) is 10.0 Å². The summed E-state index contributed by atoms with van der Waals surface area (Å²) in [6, 6.07) is 5.84. The van der Waals surface area contributed by atoms with Gasteiger partial charge in [0.05, 0.1) is 4.90 Å². The molecule has 1 fully saturated rings. The molecule has 2 atom stereocenters. The van der Waals surface area contributed by atoms with Gasteiger partial charge in [-0.25, -0.2) is 8.42 Å². The van der Waals surface area contributed by atoms with Crippen LogP contribution >= 0.6 is 15.9 Å². The van der Waals surface area contributed by atoms with Gasteiger partial charge in [0, 0.05) is 29.6 Å². The maximum absolute atomic E-state index is 12.8. The number of benzene rings is 1. The van der Waals surface area contributed by atoms with Crippen molar-refractivity contribution in [2.75, 3.05) is 20.1 Å². The van der Waals surface area contributed by atoms with E-state index in [4.69, 9.17) is 0 Å². The smallest absolute Gasteiger partial charge is 0.243 e. The van der Waals surface area contributed by atoms with Crippen molar-refractivity contribution in [3.8, 4) is 0 Å². The predicted octanol–water partition coefficient (Wildman–Crippen LogP) is 2.47. The summed E-state index contributed by atoms with van der Waals surface area (Å²) in [5, 5.41) is 0. The summed E-state index contributed by atoms with van der Waals surface area (Å²) >= 11 is 3.35. The van der Waals surface area contributed by atoms with Crippen LogP contribution in [0.4, 0.5) is 0 Å². The number of nitrogens with zero attached hydrogens (tertiary/aromatic N) is 2. The second-order valence-corrected chi connectivity index (χ2v) is 8.42. The number of sulfonamides is 1. The lowest BCUT2D eigenvalue weighted by molar-refractivity contribution is 0.105. The molecule has 2 unspecified atom stereocenters. The molecule has 4 nitrogen and oxygen atoms in total. The highest BCUT2D eigenvalue weighted by Crippen LogP contribution is 2.26. The number of hydrogen-bond acceptors (Lipinski definition) is 3. The molecule has 1 aromatic carbocycles. The molecule has 0 radical (unpaired) electrons. The molecule has 112 valence electrons. The number of rotatable bonds is 2. The van der Waals surface area contributed by atoms with Crippen LogP contribution in [0.1, 0.15) is 19.4 Å². The Morgan fingerprint density at radius 2 is 1.75 bits per heavy atom. The zero-order valence-corrected chi connectivity index (χ0v) is 14.7. The number of aryl methyl sites for hydroxylation is 1. The highest BCUT2D eigenvalue weighted by atomic mass is 79.9. The Morgan fingerprint density at radius 1 is 1.20 bits per heavy atom. The summed E-state index contributed by atoms with van der Waals surface area (Å²) in [6.45, 7) is 7.03. The maximum Gasteiger partial charge on any atom is 0.243 e. The van der Waals surface area contributed by atoms with E-state index in [0.29, 0.717) is 18.0 Å². The quantitative estimate of drug-likeness (QED) is 0.813. The zero-order valence-electron chi connectivity index (χ0n) is 12.3. The van der Waals surface area contributed by atoms with Crippen molar-refractivity contribution < 1.29 is 8.42 Å². The predicted molar refractivity (Wildman–Crippen MR) is 84.3 cm³/mol. The lowest BCUT2D eigenvalue weighted by atomic mass is 10.1. The second kappa shape index (κ2) is 5.75. The second-order valence-electron chi connectivity index (χ2n) is 5.60. The van der Waals surface area contributed by atoms with E-state index in [1.807, 2.05) is 26.1 Å². The largest absolute Gasteiger partial charge is 0.298 e. The van der Waals surface area contributed by atoms with Crippen molar-refractivity contribution in [1.29, 1.82) is 0 Å². The van der Waals surface area contributed by atoms with Crippen LogP contribution in [-0.2, 0) is 10.0 Å². The summed E-state index contributed by atoms with van der Waals surface area (Å²) in [6.07, 6.45) is 0. The fourth-order valence-corrected chi connectivity index (χ4v) is 4.91. The summed E-state index contributed by atoms with van der Waals surface area (Å²) in [7, 11) is -1.38. The molecule has 2 rings (SSSR count). The first kappa shape index (κ1) is 15.9. The summed E-state index contributed by atoms with van der Waals surface area (Å²) in [5.41, 5.74) is 0.785. The van der Waals surface area contributed by atoms with Crippen molar-refractivity contribution in [3.05, 3.63) is 28.2 Å². The first-order valence-corrected chi connectivity index (χ1v) is 8.95. The SMILES string of the molecule is Cc1ccc(Br)cc1S(=O)(=O)N1CC(C)N(C)C(C)C1. The van der Waals surface area contributed by atoms with Crippen LogP contribution in [0.3, 0.4) is 0 Å². The lowest BCUT2D eigenvalue weighted by Gasteiger charge is -2.41. The summed E-state index contributed by atoms with van der Waals surface area (Å²) in [5.74, 6) is 0. The molecule has 0 saturated carbocycles. The van der Waals surface area contributed by atoms with Gasteiger partial charge in [-0.1, -0.05) is 22.0 Å². The van der Waals surface area contributed by atoms with Gasteiger partial charge in [-0.15, -0.1) is 0 Å². The molecule has 20 heavy (non-hydrogen) atoms. The Labute approximate surface area is 129 Å². The van der Waals surface area contributed by atoms with Crippen molar-refractivity contribution >= 4 is 26.0 Å². The van der Waals surface area contributed by atoms with Gasteiger partial charge in [0.15, 0.2) is 0 Å². The molecule has 1 aliphatic heterocycles. The monoisotopic (exact) mass is 360 g/mol. The third-order valence-corrected chi connectivity index (χ3v) is 6.56. The van der Waals surface area contributed by atoms with Crippen LogP contribution in [0.2, 0.25) is 0 Å². The van der Waals surface area contributed by atoms with Gasteiger partial charge < -0.3 is 0 Å². The van der Waals surface area contributed by atoms with Gasteiger partial charge in [-0.3, -0.25) is 4.90 Å². The third-order valence-electron chi connectivity index (χ3n) is 4.09. The average molecular weight is 361 g/mol. The van der Waals surface area contributed by atoms with E-state index in [9.17, 15) is 8.42 Å². The van der Waals surface area contributed by atoms with Crippen molar-refractivity contribution in [1.82, 2.24) is 9.21 Å².